The molecule has 0 amide bonds. The van der Waals surface area contributed by atoms with E-state index in [0.29, 0.717) is 11.6 Å². The highest BCUT2D eigenvalue weighted by molar-refractivity contribution is 5.88. The lowest BCUT2D eigenvalue weighted by atomic mass is 10.1. The largest absolute Gasteiger partial charge is 0.478 e. The van der Waals surface area contributed by atoms with Gasteiger partial charge in [-0.05, 0) is 44.8 Å². The number of piperazine rings is 1. The number of aryl methyl sites for hydroxylation is 1. The first-order valence-corrected chi connectivity index (χ1v) is 6.94. The molecule has 0 spiro atoms. The Morgan fingerprint density at radius 1 is 1.40 bits per heavy atom. The molecule has 20 heavy (non-hydrogen) atoms. The van der Waals surface area contributed by atoms with Gasteiger partial charge in [0.25, 0.3) is 0 Å². The summed E-state index contributed by atoms with van der Waals surface area (Å²) in [6.45, 7) is 6.05. The summed E-state index contributed by atoms with van der Waals surface area (Å²) in [7, 11) is 4.30. The highest BCUT2D eigenvalue weighted by Crippen LogP contribution is 2.17. The highest BCUT2D eigenvalue weighted by atomic mass is 16.4. The maximum Gasteiger partial charge on any atom is 0.335 e. The van der Waals surface area contributed by atoms with Crippen molar-refractivity contribution >= 4 is 11.7 Å². The van der Waals surface area contributed by atoms with Crippen LogP contribution in [0.1, 0.15) is 15.9 Å². The van der Waals surface area contributed by atoms with E-state index in [0.717, 1.165) is 37.4 Å². The average molecular weight is 277 g/mol. The van der Waals surface area contributed by atoms with Gasteiger partial charge in [0.15, 0.2) is 0 Å². The third-order valence-corrected chi connectivity index (χ3v) is 3.98. The van der Waals surface area contributed by atoms with E-state index in [2.05, 4.69) is 29.2 Å². The Morgan fingerprint density at radius 2 is 2.15 bits per heavy atom. The Kier molecular flexibility index (Phi) is 4.62. The maximum atomic E-state index is 10.9. The van der Waals surface area contributed by atoms with Gasteiger partial charge in [0.1, 0.15) is 0 Å². The molecule has 1 heterocycles. The molecule has 1 unspecified atom stereocenters. The number of carboxylic acids is 1. The van der Waals surface area contributed by atoms with Crippen molar-refractivity contribution in [3.8, 4) is 0 Å². The Morgan fingerprint density at radius 3 is 2.80 bits per heavy atom. The van der Waals surface area contributed by atoms with Crippen LogP contribution in [0.3, 0.4) is 0 Å². The number of anilines is 1. The molecular weight excluding hydrogens is 254 g/mol. The molecule has 0 aromatic heterocycles. The average Bonchev–Trinajstić information content (AvgIpc) is 2.40. The first-order valence-electron chi connectivity index (χ1n) is 6.94. The third kappa shape index (κ3) is 3.49. The fourth-order valence-electron chi connectivity index (χ4n) is 2.54. The van der Waals surface area contributed by atoms with Crippen LogP contribution < -0.4 is 5.32 Å². The van der Waals surface area contributed by atoms with E-state index < -0.39 is 5.97 Å². The number of carbonyl (C=O) groups is 1. The van der Waals surface area contributed by atoms with Crippen LogP contribution in [0.4, 0.5) is 5.69 Å². The van der Waals surface area contributed by atoms with Crippen molar-refractivity contribution in [1.82, 2.24) is 9.80 Å². The smallest absolute Gasteiger partial charge is 0.335 e. The summed E-state index contributed by atoms with van der Waals surface area (Å²) in [6.07, 6.45) is 0. The summed E-state index contributed by atoms with van der Waals surface area (Å²) in [5, 5.41) is 12.4. The van der Waals surface area contributed by atoms with E-state index >= 15 is 0 Å². The number of likely N-dealkylation sites (N-methyl/N-ethyl adjacent to an activating group) is 2. The molecule has 5 heteroatoms. The molecule has 1 aromatic rings. The molecule has 1 saturated heterocycles. The van der Waals surface area contributed by atoms with Gasteiger partial charge >= 0.3 is 5.97 Å². The van der Waals surface area contributed by atoms with Crippen molar-refractivity contribution in [2.75, 3.05) is 45.6 Å². The van der Waals surface area contributed by atoms with Gasteiger partial charge in [0.05, 0.1) is 5.56 Å². The van der Waals surface area contributed by atoms with Gasteiger partial charge in [0.2, 0.25) is 0 Å². The van der Waals surface area contributed by atoms with Gasteiger partial charge in [-0.3, -0.25) is 4.90 Å². The molecule has 1 atom stereocenters. The molecular formula is C15H23N3O2. The minimum absolute atomic E-state index is 0.336. The van der Waals surface area contributed by atoms with E-state index in [1.807, 2.05) is 13.0 Å². The number of rotatable bonds is 4. The quantitative estimate of drug-likeness (QED) is 0.870. The zero-order valence-electron chi connectivity index (χ0n) is 12.4. The van der Waals surface area contributed by atoms with Crippen LogP contribution in [0.15, 0.2) is 18.2 Å². The van der Waals surface area contributed by atoms with Crippen LogP contribution in [0.25, 0.3) is 0 Å². The van der Waals surface area contributed by atoms with Crippen LogP contribution in [-0.2, 0) is 0 Å². The lowest BCUT2D eigenvalue weighted by molar-refractivity contribution is 0.0697. The summed E-state index contributed by atoms with van der Waals surface area (Å²) in [6, 6.07) is 5.69. The second kappa shape index (κ2) is 6.24. The van der Waals surface area contributed by atoms with Gasteiger partial charge in [-0.25, -0.2) is 4.79 Å². The van der Waals surface area contributed by atoms with Crippen LogP contribution in [-0.4, -0.2) is 67.2 Å². The fourth-order valence-corrected chi connectivity index (χ4v) is 2.54. The Labute approximate surface area is 120 Å². The third-order valence-electron chi connectivity index (χ3n) is 3.98. The minimum Gasteiger partial charge on any atom is -0.478 e. The highest BCUT2D eigenvalue weighted by Gasteiger charge is 2.21. The monoisotopic (exact) mass is 277 g/mol. The van der Waals surface area contributed by atoms with Crippen molar-refractivity contribution in [2.24, 2.45) is 0 Å². The molecule has 5 nitrogen and oxygen atoms in total. The fraction of sp³-hybridized carbons (Fsp3) is 0.533. The predicted molar refractivity (Wildman–Crippen MR) is 80.5 cm³/mol. The summed E-state index contributed by atoms with van der Waals surface area (Å²) >= 11 is 0. The molecule has 0 bridgehead atoms. The van der Waals surface area contributed by atoms with Crippen molar-refractivity contribution in [3.05, 3.63) is 29.3 Å². The molecule has 1 aromatic carbocycles. The van der Waals surface area contributed by atoms with Crippen molar-refractivity contribution in [2.45, 2.75) is 13.0 Å². The van der Waals surface area contributed by atoms with Crippen LogP contribution in [0, 0.1) is 6.92 Å². The molecule has 2 N–H and O–H groups in total. The standard InChI is InChI=1S/C15H23N3O2/c1-11-8-12(15(19)20)4-5-14(11)16-9-13-10-17(2)6-7-18(13)3/h4-5,8,13,16H,6-7,9-10H2,1-3H3,(H,19,20). The molecule has 1 aliphatic rings. The summed E-state index contributed by atoms with van der Waals surface area (Å²) in [5.74, 6) is -0.881. The second-order valence-electron chi connectivity index (χ2n) is 5.61. The van der Waals surface area contributed by atoms with Gasteiger partial charge < -0.3 is 15.3 Å². The van der Waals surface area contributed by atoms with Gasteiger partial charge in [0, 0.05) is 37.9 Å². The Balaban J connectivity index is 1.98. The normalized spacial score (nSPS) is 20.9. The summed E-state index contributed by atoms with van der Waals surface area (Å²) in [4.78, 5) is 15.6. The molecule has 0 aliphatic carbocycles. The summed E-state index contributed by atoms with van der Waals surface area (Å²) in [5.41, 5.74) is 2.32. The Bertz CT molecular complexity index is 490. The van der Waals surface area contributed by atoms with Crippen LogP contribution >= 0.6 is 0 Å². The van der Waals surface area contributed by atoms with E-state index in [1.54, 1.807) is 12.1 Å². The number of benzene rings is 1. The predicted octanol–water partition coefficient (Wildman–Crippen LogP) is 1.35. The maximum absolute atomic E-state index is 10.9. The molecule has 0 saturated carbocycles. The van der Waals surface area contributed by atoms with Crippen molar-refractivity contribution in [1.29, 1.82) is 0 Å². The topological polar surface area (TPSA) is 55.8 Å². The number of carboxylic acid groups (broad SMARTS) is 1. The molecule has 1 fully saturated rings. The second-order valence-corrected chi connectivity index (χ2v) is 5.61. The first kappa shape index (κ1) is 14.8. The van der Waals surface area contributed by atoms with Gasteiger partial charge in [-0.2, -0.15) is 0 Å². The zero-order chi connectivity index (χ0) is 14.7. The summed E-state index contributed by atoms with van der Waals surface area (Å²) < 4.78 is 0. The van der Waals surface area contributed by atoms with E-state index in [-0.39, 0.29) is 0 Å². The zero-order valence-corrected chi connectivity index (χ0v) is 12.4. The van der Waals surface area contributed by atoms with Crippen molar-refractivity contribution in [3.63, 3.8) is 0 Å². The van der Waals surface area contributed by atoms with E-state index in [1.165, 1.54) is 0 Å². The first-order chi connectivity index (χ1) is 9.47. The van der Waals surface area contributed by atoms with E-state index in [4.69, 9.17) is 5.11 Å². The number of nitrogens with zero attached hydrogens (tertiary/aromatic N) is 2. The molecule has 1 aliphatic heterocycles. The molecule has 0 radical (unpaired) electrons. The van der Waals surface area contributed by atoms with Gasteiger partial charge in [-0.1, -0.05) is 0 Å². The van der Waals surface area contributed by atoms with Crippen LogP contribution in [0.2, 0.25) is 0 Å². The van der Waals surface area contributed by atoms with E-state index in [9.17, 15) is 4.79 Å². The number of hydrogen-bond donors (Lipinski definition) is 2. The van der Waals surface area contributed by atoms with Crippen molar-refractivity contribution < 1.29 is 9.90 Å². The number of nitrogens with one attached hydrogen (secondary N) is 1. The SMILES string of the molecule is Cc1cc(C(=O)O)ccc1NCC1CN(C)CCN1C. The van der Waals surface area contributed by atoms with Crippen LogP contribution in [0.5, 0.6) is 0 Å². The molecule has 110 valence electrons. The lowest BCUT2D eigenvalue weighted by Crippen LogP contribution is -2.52. The Hall–Kier alpha value is -1.59. The molecule has 2 rings (SSSR count). The number of hydrogen-bond acceptors (Lipinski definition) is 4. The number of aromatic carboxylic acids is 1. The lowest BCUT2D eigenvalue weighted by Gasteiger charge is -2.38. The minimum atomic E-state index is -0.881. The van der Waals surface area contributed by atoms with Gasteiger partial charge in [-0.15, -0.1) is 0 Å².